The Bertz CT molecular complexity index is 312. The molecule has 0 bridgehead atoms. The van der Waals surface area contributed by atoms with Gasteiger partial charge in [-0.2, -0.15) is 0 Å². The summed E-state index contributed by atoms with van der Waals surface area (Å²) in [5.41, 5.74) is 0.756. The lowest BCUT2D eigenvalue weighted by Gasteiger charge is -2.05. The number of carboxylic acids is 1. The van der Waals surface area contributed by atoms with Gasteiger partial charge in [0, 0.05) is 11.4 Å². The van der Waals surface area contributed by atoms with E-state index in [0.29, 0.717) is 5.02 Å². The number of rotatable bonds is 3. The summed E-state index contributed by atoms with van der Waals surface area (Å²) < 4.78 is 0. The van der Waals surface area contributed by atoms with Gasteiger partial charge in [0.2, 0.25) is 0 Å². The molecule has 0 heterocycles. The normalized spacial score (nSPS) is 12.5. The molecule has 70 valence electrons. The van der Waals surface area contributed by atoms with Gasteiger partial charge in [-0.1, -0.05) is 29.8 Å². The Morgan fingerprint density at radius 3 is 2.62 bits per heavy atom. The predicted octanol–water partition coefficient (Wildman–Crippen LogP) is 2.57. The Morgan fingerprint density at radius 2 is 2.08 bits per heavy atom. The molecule has 0 saturated carbocycles. The number of halogens is 2. The number of aliphatic carboxylic acids is 1. The fraction of sp³-hybridized carbons (Fsp3) is 0.222. The SMILES string of the molecule is O=C(O)C(Cl)Cc1ccccc1Cl. The minimum atomic E-state index is -1.03. The number of alkyl halides is 1. The topological polar surface area (TPSA) is 37.3 Å². The molecular weight excluding hydrogens is 211 g/mol. The second-order valence-corrected chi connectivity index (χ2v) is 3.54. The van der Waals surface area contributed by atoms with E-state index in [-0.39, 0.29) is 6.42 Å². The summed E-state index contributed by atoms with van der Waals surface area (Å²) in [5.74, 6) is -1.03. The van der Waals surface area contributed by atoms with E-state index in [0.717, 1.165) is 5.56 Å². The maximum Gasteiger partial charge on any atom is 0.321 e. The van der Waals surface area contributed by atoms with Crippen LogP contribution in [0.15, 0.2) is 24.3 Å². The minimum Gasteiger partial charge on any atom is -0.480 e. The maximum atomic E-state index is 10.4. The first kappa shape index (κ1) is 10.4. The third-order valence-electron chi connectivity index (χ3n) is 1.62. The third-order valence-corrected chi connectivity index (χ3v) is 2.33. The van der Waals surface area contributed by atoms with Gasteiger partial charge >= 0.3 is 5.97 Å². The second-order valence-electron chi connectivity index (χ2n) is 2.60. The molecule has 2 nitrogen and oxygen atoms in total. The quantitative estimate of drug-likeness (QED) is 0.793. The van der Waals surface area contributed by atoms with Crippen LogP contribution in [-0.2, 0) is 11.2 Å². The highest BCUT2D eigenvalue weighted by molar-refractivity contribution is 6.32. The lowest BCUT2D eigenvalue weighted by Crippen LogP contribution is -2.16. The number of carboxylic acid groups (broad SMARTS) is 1. The molecule has 0 saturated heterocycles. The van der Waals surface area contributed by atoms with Crippen LogP contribution in [0.2, 0.25) is 5.02 Å². The van der Waals surface area contributed by atoms with Crippen molar-refractivity contribution < 1.29 is 9.90 Å². The van der Waals surface area contributed by atoms with Crippen LogP contribution in [0.25, 0.3) is 0 Å². The van der Waals surface area contributed by atoms with Gasteiger partial charge < -0.3 is 5.11 Å². The van der Waals surface area contributed by atoms with Crippen LogP contribution in [0.1, 0.15) is 5.56 Å². The lowest BCUT2D eigenvalue weighted by molar-refractivity contribution is -0.136. The highest BCUT2D eigenvalue weighted by atomic mass is 35.5. The molecule has 0 aromatic heterocycles. The molecule has 0 radical (unpaired) electrons. The zero-order chi connectivity index (χ0) is 9.84. The average Bonchev–Trinajstić information content (AvgIpc) is 2.08. The molecule has 1 atom stereocenters. The highest BCUT2D eigenvalue weighted by Gasteiger charge is 2.15. The van der Waals surface area contributed by atoms with Crippen molar-refractivity contribution in [3.05, 3.63) is 34.9 Å². The van der Waals surface area contributed by atoms with E-state index >= 15 is 0 Å². The summed E-state index contributed by atoms with van der Waals surface area (Å²) in [6.45, 7) is 0. The monoisotopic (exact) mass is 218 g/mol. The Hall–Kier alpha value is -0.730. The number of hydrogen-bond acceptors (Lipinski definition) is 1. The van der Waals surface area contributed by atoms with Gasteiger partial charge in [-0.3, -0.25) is 4.79 Å². The first-order chi connectivity index (χ1) is 6.11. The zero-order valence-electron chi connectivity index (χ0n) is 6.71. The largest absolute Gasteiger partial charge is 0.480 e. The van der Waals surface area contributed by atoms with Gasteiger partial charge in [-0.05, 0) is 11.6 Å². The van der Waals surface area contributed by atoms with Crippen LogP contribution in [0, 0.1) is 0 Å². The Kier molecular flexibility index (Phi) is 3.58. The first-order valence-electron chi connectivity index (χ1n) is 3.71. The van der Waals surface area contributed by atoms with Crippen molar-refractivity contribution >= 4 is 29.2 Å². The molecule has 0 amide bonds. The van der Waals surface area contributed by atoms with E-state index in [4.69, 9.17) is 28.3 Å². The summed E-state index contributed by atoms with van der Waals surface area (Å²) in [5, 5.41) is 8.19. The molecule has 1 aromatic rings. The molecule has 1 rings (SSSR count). The molecular formula is C9H8Cl2O2. The summed E-state index contributed by atoms with van der Waals surface area (Å²) in [6, 6.07) is 7.06. The molecule has 0 fully saturated rings. The van der Waals surface area contributed by atoms with Crippen molar-refractivity contribution in [2.45, 2.75) is 11.8 Å². The van der Waals surface area contributed by atoms with Gasteiger partial charge in [0.05, 0.1) is 0 Å². The van der Waals surface area contributed by atoms with E-state index in [1.54, 1.807) is 24.3 Å². The first-order valence-corrected chi connectivity index (χ1v) is 4.53. The van der Waals surface area contributed by atoms with Crippen molar-refractivity contribution in [1.29, 1.82) is 0 Å². The Balaban J connectivity index is 2.74. The number of carbonyl (C=O) groups is 1. The number of hydrogen-bond donors (Lipinski definition) is 1. The summed E-state index contributed by atoms with van der Waals surface area (Å²) in [4.78, 5) is 10.4. The molecule has 13 heavy (non-hydrogen) atoms. The summed E-state index contributed by atoms with van der Waals surface area (Å²) in [6.07, 6.45) is 0.247. The van der Waals surface area contributed by atoms with Crippen molar-refractivity contribution in [3.63, 3.8) is 0 Å². The Morgan fingerprint density at radius 1 is 1.46 bits per heavy atom. The smallest absolute Gasteiger partial charge is 0.321 e. The fourth-order valence-corrected chi connectivity index (χ4v) is 1.32. The second kappa shape index (κ2) is 4.49. The highest BCUT2D eigenvalue weighted by Crippen LogP contribution is 2.18. The van der Waals surface area contributed by atoms with Crippen LogP contribution in [0.5, 0.6) is 0 Å². The van der Waals surface area contributed by atoms with E-state index < -0.39 is 11.3 Å². The van der Waals surface area contributed by atoms with Gasteiger partial charge in [-0.25, -0.2) is 0 Å². The molecule has 1 aromatic carbocycles. The van der Waals surface area contributed by atoms with Crippen LogP contribution in [0.4, 0.5) is 0 Å². The van der Waals surface area contributed by atoms with Crippen LogP contribution in [-0.4, -0.2) is 16.5 Å². The minimum absolute atomic E-state index is 0.247. The molecule has 0 spiro atoms. The van der Waals surface area contributed by atoms with E-state index in [1.807, 2.05) is 0 Å². The zero-order valence-corrected chi connectivity index (χ0v) is 8.22. The lowest BCUT2D eigenvalue weighted by atomic mass is 10.1. The van der Waals surface area contributed by atoms with E-state index in [2.05, 4.69) is 0 Å². The van der Waals surface area contributed by atoms with Crippen LogP contribution < -0.4 is 0 Å². The molecule has 0 aliphatic carbocycles. The van der Waals surface area contributed by atoms with E-state index in [1.165, 1.54) is 0 Å². The standard InChI is InChI=1S/C9H8Cl2O2/c10-7-4-2-1-3-6(7)5-8(11)9(12)13/h1-4,8H,5H2,(H,12,13). The molecule has 4 heteroatoms. The van der Waals surface area contributed by atoms with Crippen molar-refractivity contribution in [3.8, 4) is 0 Å². The van der Waals surface area contributed by atoms with Crippen molar-refractivity contribution in [2.75, 3.05) is 0 Å². The fourth-order valence-electron chi connectivity index (χ4n) is 0.944. The molecule has 0 aliphatic rings. The van der Waals surface area contributed by atoms with E-state index in [9.17, 15) is 4.79 Å². The number of benzene rings is 1. The van der Waals surface area contributed by atoms with Crippen LogP contribution in [0.3, 0.4) is 0 Å². The van der Waals surface area contributed by atoms with Crippen LogP contribution >= 0.6 is 23.2 Å². The third kappa shape index (κ3) is 2.90. The summed E-state index contributed by atoms with van der Waals surface area (Å²) in [7, 11) is 0. The van der Waals surface area contributed by atoms with Crippen molar-refractivity contribution in [1.82, 2.24) is 0 Å². The van der Waals surface area contributed by atoms with Gasteiger partial charge in [-0.15, -0.1) is 11.6 Å². The van der Waals surface area contributed by atoms with Gasteiger partial charge in [0.15, 0.2) is 0 Å². The van der Waals surface area contributed by atoms with Gasteiger partial charge in [0.1, 0.15) is 5.38 Å². The Labute approximate surface area is 86.1 Å². The summed E-state index contributed by atoms with van der Waals surface area (Å²) >= 11 is 11.4. The molecule has 1 unspecified atom stereocenters. The van der Waals surface area contributed by atoms with Crippen molar-refractivity contribution in [2.24, 2.45) is 0 Å². The molecule has 1 N–H and O–H groups in total. The predicted molar refractivity (Wildman–Crippen MR) is 52.4 cm³/mol. The maximum absolute atomic E-state index is 10.4. The van der Waals surface area contributed by atoms with Gasteiger partial charge in [0.25, 0.3) is 0 Å². The average molecular weight is 219 g/mol. The molecule has 0 aliphatic heterocycles.